The van der Waals surface area contributed by atoms with Gasteiger partial charge in [0, 0.05) is 12.1 Å². The van der Waals surface area contributed by atoms with Crippen LogP contribution in [0.2, 0.25) is 0 Å². The highest BCUT2D eigenvalue weighted by Crippen LogP contribution is 2.22. The van der Waals surface area contributed by atoms with E-state index < -0.39 is 6.10 Å². The Hall–Kier alpha value is -2.69. The third-order valence-electron chi connectivity index (χ3n) is 4.09. The number of nitrogens with one attached hydrogen (secondary N) is 1. The van der Waals surface area contributed by atoms with Gasteiger partial charge < -0.3 is 14.8 Å². The molecule has 0 spiro atoms. The standard InChI is InChI=1S/C21H21NO3/c23-15-19-10-11-21(25-19)18-8-6-16(7-9-18)12-13-22-14-20(24)17-4-2-1-3-5-17/h1-11,15,20,22,24H,12-14H2. The molecule has 0 fully saturated rings. The van der Waals surface area contributed by atoms with Crippen molar-refractivity contribution < 1.29 is 14.3 Å². The lowest BCUT2D eigenvalue weighted by Gasteiger charge is -2.12. The van der Waals surface area contributed by atoms with E-state index in [1.54, 1.807) is 12.1 Å². The van der Waals surface area contributed by atoms with Crippen molar-refractivity contribution in [3.05, 3.63) is 83.6 Å². The van der Waals surface area contributed by atoms with Crippen molar-refractivity contribution in [1.29, 1.82) is 0 Å². The lowest BCUT2D eigenvalue weighted by atomic mass is 10.1. The summed E-state index contributed by atoms with van der Waals surface area (Å²) < 4.78 is 5.42. The van der Waals surface area contributed by atoms with Crippen molar-refractivity contribution in [1.82, 2.24) is 5.32 Å². The zero-order valence-corrected chi connectivity index (χ0v) is 13.9. The molecule has 1 aromatic heterocycles. The molecule has 0 saturated heterocycles. The van der Waals surface area contributed by atoms with Crippen molar-refractivity contribution >= 4 is 6.29 Å². The Morgan fingerprint density at radius 1 is 1.00 bits per heavy atom. The molecule has 4 nitrogen and oxygen atoms in total. The number of rotatable bonds is 8. The lowest BCUT2D eigenvalue weighted by molar-refractivity contribution is 0.110. The van der Waals surface area contributed by atoms with Gasteiger partial charge in [0.2, 0.25) is 0 Å². The molecule has 0 aliphatic rings. The zero-order chi connectivity index (χ0) is 17.5. The summed E-state index contributed by atoms with van der Waals surface area (Å²) in [6.45, 7) is 1.32. The van der Waals surface area contributed by atoms with E-state index >= 15 is 0 Å². The van der Waals surface area contributed by atoms with Crippen LogP contribution in [0.1, 0.15) is 27.8 Å². The van der Waals surface area contributed by atoms with Gasteiger partial charge in [-0.15, -0.1) is 0 Å². The molecule has 0 aliphatic heterocycles. The Morgan fingerprint density at radius 2 is 1.76 bits per heavy atom. The molecule has 25 heavy (non-hydrogen) atoms. The van der Waals surface area contributed by atoms with Gasteiger partial charge in [0.1, 0.15) is 5.76 Å². The fourth-order valence-electron chi connectivity index (χ4n) is 2.67. The highest BCUT2D eigenvalue weighted by molar-refractivity contribution is 5.72. The number of hydrogen-bond acceptors (Lipinski definition) is 4. The van der Waals surface area contributed by atoms with E-state index in [4.69, 9.17) is 4.42 Å². The normalized spacial score (nSPS) is 12.0. The average molecular weight is 335 g/mol. The molecule has 0 aliphatic carbocycles. The minimum Gasteiger partial charge on any atom is -0.453 e. The van der Waals surface area contributed by atoms with Gasteiger partial charge in [-0.1, -0.05) is 54.6 Å². The topological polar surface area (TPSA) is 62.5 Å². The smallest absolute Gasteiger partial charge is 0.185 e. The van der Waals surface area contributed by atoms with Crippen molar-refractivity contribution in [2.24, 2.45) is 0 Å². The Kier molecular flexibility index (Phi) is 5.77. The van der Waals surface area contributed by atoms with Crippen LogP contribution < -0.4 is 5.32 Å². The van der Waals surface area contributed by atoms with Crippen molar-refractivity contribution in [3.8, 4) is 11.3 Å². The number of carbonyl (C=O) groups excluding carboxylic acids is 1. The lowest BCUT2D eigenvalue weighted by Crippen LogP contribution is -2.23. The number of aliphatic hydroxyl groups is 1. The summed E-state index contributed by atoms with van der Waals surface area (Å²) in [5, 5.41) is 13.4. The quantitative estimate of drug-likeness (QED) is 0.487. The SMILES string of the molecule is O=Cc1ccc(-c2ccc(CCNCC(O)c3ccccc3)cc2)o1. The van der Waals surface area contributed by atoms with E-state index in [0.717, 1.165) is 24.1 Å². The van der Waals surface area contributed by atoms with Gasteiger partial charge in [0.05, 0.1) is 6.10 Å². The number of aldehydes is 1. The van der Waals surface area contributed by atoms with E-state index in [1.165, 1.54) is 5.56 Å². The highest BCUT2D eigenvalue weighted by Gasteiger charge is 2.06. The van der Waals surface area contributed by atoms with E-state index in [2.05, 4.69) is 5.32 Å². The van der Waals surface area contributed by atoms with E-state index in [0.29, 0.717) is 24.4 Å². The van der Waals surface area contributed by atoms with Crippen molar-refractivity contribution in [3.63, 3.8) is 0 Å². The monoisotopic (exact) mass is 335 g/mol. The Balaban J connectivity index is 1.46. The number of carbonyl (C=O) groups is 1. The molecule has 3 rings (SSSR count). The average Bonchev–Trinajstić information content (AvgIpc) is 3.15. The second-order valence-electron chi connectivity index (χ2n) is 5.90. The minimum absolute atomic E-state index is 0.334. The summed E-state index contributed by atoms with van der Waals surface area (Å²) in [6.07, 6.45) is 1.09. The molecule has 1 atom stereocenters. The summed E-state index contributed by atoms with van der Waals surface area (Å²) in [5.41, 5.74) is 3.07. The van der Waals surface area contributed by atoms with E-state index in [-0.39, 0.29) is 0 Å². The second-order valence-corrected chi connectivity index (χ2v) is 5.90. The number of furan rings is 1. The van der Waals surface area contributed by atoms with Crippen molar-refractivity contribution in [2.75, 3.05) is 13.1 Å². The van der Waals surface area contributed by atoms with Gasteiger partial charge >= 0.3 is 0 Å². The summed E-state index contributed by atoms with van der Waals surface area (Å²) in [6, 6.07) is 21.2. The van der Waals surface area contributed by atoms with Crippen molar-refractivity contribution in [2.45, 2.75) is 12.5 Å². The molecule has 1 heterocycles. The van der Waals surface area contributed by atoms with Gasteiger partial charge in [-0.25, -0.2) is 0 Å². The van der Waals surface area contributed by atoms with Crippen LogP contribution in [-0.2, 0) is 6.42 Å². The van der Waals surface area contributed by atoms with E-state index in [1.807, 2.05) is 54.6 Å². The first kappa shape index (κ1) is 17.1. The fraction of sp³-hybridized carbons (Fsp3) is 0.190. The number of hydrogen-bond donors (Lipinski definition) is 2. The first-order valence-corrected chi connectivity index (χ1v) is 8.34. The van der Waals surface area contributed by atoms with Crippen LogP contribution in [0.25, 0.3) is 11.3 Å². The fourth-order valence-corrected chi connectivity index (χ4v) is 2.67. The largest absolute Gasteiger partial charge is 0.453 e. The summed E-state index contributed by atoms with van der Waals surface area (Å²) in [7, 11) is 0. The molecule has 0 saturated carbocycles. The predicted molar refractivity (Wildman–Crippen MR) is 97.5 cm³/mol. The van der Waals surface area contributed by atoms with Crippen LogP contribution in [0, 0.1) is 0 Å². The zero-order valence-electron chi connectivity index (χ0n) is 13.9. The highest BCUT2D eigenvalue weighted by atomic mass is 16.3. The van der Waals surface area contributed by atoms with Gasteiger partial charge in [0.25, 0.3) is 0 Å². The predicted octanol–water partition coefficient (Wildman–Crippen LogP) is 3.62. The molecule has 2 N–H and O–H groups in total. The Bertz CT molecular complexity index is 794. The van der Waals surface area contributed by atoms with Crippen LogP contribution >= 0.6 is 0 Å². The molecule has 1 unspecified atom stereocenters. The molecule has 3 aromatic rings. The number of benzene rings is 2. The Morgan fingerprint density at radius 3 is 2.44 bits per heavy atom. The third-order valence-corrected chi connectivity index (χ3v) is 4.09. The maximum Gasteiger partial charge on any atom is 0.185 e. The second kappa shape index (κ2) is 8.42. The molecule has 0 amide bonds. The molecule has 4 heteroatoms. The molecular formula is C21H21NO3. The van der Waals surface area contributed by atoms with Crippen LogP contribution in [0.4, 0.5) is 0 Å². The molecule has 0 radical (unpaired) electrons. The van der Waals surface area contributed by atoms with Crippen LogP contribution in [0.3, 0.4) is 0 Å². The van der Waals surface area contributed by atoms with Crippen LogP contribution in [-0.4, -0.2) is 24.5 Å². The third kappa shape index (κ3) is 4.66. The number of aliphatic hydroxyl groups excluding tert-OH is 1. The first-order chi connectivity index (χ1) is 12.3. The first-order valence-electron chi connectivity index (χ1n) is 8.34. The molecular weight excluding hydrogens is 314 g/mol. The van der Waals surface area contributed by atoms with Crippen LogP contribution in [0.5, 0.6) is 0 Å². The van der Waals surface area contributed by atoms with Gasteiger partial charge in [0.15, 0.2) is 12.0 Å². The maximum atomic E-state index is 10.7. The van der Waals surface area contributed by atoms with Crippen LogP contribution in [0.15, 0.2) is 71.1 Å². The molecule has 2 aromatic carbocycles. The van der Waals surface area contributed by atoms with Gasteiger partial charge in [-0.2, -0.15) is 0 Å². The molecule has 128 valence electrons. The Labute approximate surface area is 147 Å². The maximum absolute atomic E-state index is 10.7. The summed E-state index contributed by atoms with van der Waals surface area (Å²) in [5.74, 6) is 1.03. The summed E-state index contributed by atoms with van der Waals surface area (Å²) in [4.78, 5) is 10.7. The molecule has 0 bridgehead atoms. The minimum atomic E-state index is -0.491. The van der Waals surface area contributed by atoms with E-state index in [9.17, 15) is 9.90 Å². The summed E-state index contributed by atoms with van der Waals surface area (Å²) >= 11 is 0. The van der Waals surface area contributed by atoms with Gasteiger partial charge in [-0.3, -0.25) is 4.79 Å². The van der Waals surface area contributed by atoms with Gasteiger partial charge in [-0.05, 0) is 36.2 Å².